The number of nitrogens with zero attached hydrogens (tertiary/aromatic N) is 3. The topological polar surface area (TPSA) is 58.8 Å². The van der Waals surface area contributed by atoms with Gasteiger partial charge in [0.15, 0.2) is 5.69 Å². The van der Waals surface area contributed by atoms with E-state index in [0.29, 0.717) is 24.0 Å². The van der Waals surface area contributed by atoms with Gasteiger partial charge in [0.1, 0.15) is 6.26 Å². The summed E-state index contributed by atoms with van der Waals surface area (Å²) in [6.07, 6.45) is 4.85. The van der Waals surface area contributed by atoms with E-state index in [2.05, 4.69) is 52.2 Å². The van der Waals surface area contributed by atoms with Gasteiger partial charge in [-0.1, -0.05) is 30.3 Å². The second-order valence-corrected chi connectivity index (χ2v) is 8.23. The molecule has 1 aromatic heterocycles. The third-order valence-corrected chi connectivity index (χ3v) is 6.16. The molecule has 1 aromatic carbocycles. The summed E-state index contributed by atoms with van der Waals surface area (Å²) in [4.78, 5) is 20.8. The van der Waals surface area contributed by atoms with Gasteiger partial charge < -0.3 is 19.0 Å². The van der Waals surface area contributed by atoms with Gasteiger partial charge in [0, 0.05) is 26.2 Å². The molecule has 0 radical (unpaired) electrons. The van der Waals surface area contributed by atoms with Crippen LogP contribution in [0.25, 0.3) is 0 Å². The molecular formula is C22H29N3O3. The van der Waals surface area contributed by atoms with Crippen LogP contribution in [0.5, 0.6) is 0 Å². The zero-order valence-electron chi connectivity index (χ0n) is 16.8. The summed E-state index contributed by atoms with van der Waals surface area (Å²) in [5.74, 6) is 0.161. The SMILES string of the molecule is CCOC(=O)c1coc(N2CCC3(CC2)C[C@H](c2ccccc2)CN(C)C3)n1. The highest BCUT2D eigenvalue weighted by Crippen LogP contribution is 2.45. The Morgan fingerprint density at radius 3 is 2.75 bits per heavy atom. The Morgan fingerprint density at radius 2 is 2.04 bits per heavy atom. The van der Waals surface area contributed by atoms with Crippen LogP contribution in [-0.4, -0.2) is 55.7 Å². The van der Waals surface area contributed by atoms with Gasteiger partial charge in [-0.05, 0) is 50.1 Å². The maximum absolute atomic E-state index is 11.8. The van der Waals surface area contributed by atoms with Crippen LogP contribution in [-0.2, 0) is 4.74 Å². The van der Waals surface area contributed by atoms with Crippen molar-refractivity contribution in [2.75, 3.05) is 44.7 Å². The number of benzene rings is 1. The number of rotatable bonds is 4. The largest absolute Gasteiger partial charge is 0.461 e. The average Bonchev–Trinajstić information content (AvgIpc) is 3.19. The molecule has 0 N–H and O–H groups in total. The molecular weight excluding hydrogens is 354 g/mol. The molecule has 6 nitrogen and oxygen atoms in total. The first kappa shape index (κ1) is 19.0. The van der Waals surface area contributed by atoms with Crippen molar-refractivity contribution in [3.05, 3.63) is 47.9 Å². The fraction of sp³-hybridized carbons (Fsp3) is 0.545. The first-order valence-corrected chi connectivity index (χ1v) is 10.2. The molecule has 2 saturated heterocycles. The summed E-state index contributed by atoms with van der Waals surface area (Å²) in [6.45, 7) is 6.19. The van der Waals surface area contributed by atoms with Crippen molar-refractivity contribution >= 4 is 12.0 Å². The predicted molar refractivity (Wildman–Crippen MR) is 108 cm³/mol. The van der Waals surface area contributed by atoms with E-state index in [0.717, 1.165) is 39.0 Å². The Kier molecular flexibility index (Phi) is 5.40. The zero-order chi connectivity index (χ0) is 19.6. The third kappa shape index (κ3) is 3.92. The van der Waals surface area contributed by atoms with Crippen LogP contribution in [0.15, 0.2) is 41.0 Å². The first-order valence-electron chi connectivity index (χ1n) is 10.2. The minimum absolute atomic E-state index is 0.249. The molecule has 2 fully saturated rings. The van der Waals surface area contributed by atoms with Crippen molar-refractivity contribution in [2.45, 2.75) is 32.1 Å². The Labute approximate surface area is 166 Å². The van der Waals surface area contributed by atoms with E-state index in [1.165, 1.54) is 18.2 Å². The van der Waals surface area contributed by atoms with Gasteiger partial charge in [0.05, 0.1) is 6.61 Å². The smallest absolute Gasteiger partial charge is 0.360 e. The van der Waals surface area contributed by atoms with Crippen molar-refractivity contribution in [3.63, 3.8) is 0 Å². The maximum atomic E-state index is 11.8. The fourth-order valence-electron chi connectivity index (χ4n) is 4.86. The third-order valence-electron chi connectivity index (χ3n) is 6.16. The number of hydrogen-bond acceptors (Lipinski definition) is 6. The second kappa shape index (κ2) is 7.95. The lowest BCUT2D eigenvalue weighted by Crippen LogP contribution is -2.50. The van der Waals surface area contributed by atoms with Crippen molar-refractivity contribution in [2.24, 2.45) is 5.41 Å². The quantitative estimate of drug-likeness (QED) is 0.753. The Balaban J connectivity index is 1.42. The number of esters is 1. The number of carbonyl (C=O) groups excluding carboxylic acids is 1. The lowest BCUT2D eigenvalue weighted by molar-refractivity contribution is 0.0519. The van der Waals surface area contributed by atoms with E-state index in [9.17, 15) is 4.79 Å². The fourth-order valence-corrected chi connectivity index (χ4v) is 4.86. The van der Waals surface area contributed by atoms with Gasteiger partial charge >= 0.3 is 5.97 Å². The number of aromatic nitrogens is 1. The Hall–Kier alpha value is -2.34. The van der Waals surface area contributed by atoms with Crippen LogP contribution in [0, 0.1) is 5.41 Å². The Morgan fingerprint density at radius 1 is 1.29 bits per heavy atom. The van der Waals surface area contributed by atoms with E-state index in [4.69, 9.17) is 9.15 Å². The summed E-state index contributed by atoms with van der Waals surface area (Å²) in [5, 5.41) is 0. The number of oxazole rings is 1. The molecule has 28 heavy (non-hydrogen) atoms. The number of carbonyl (C=O) groups is 1. The lowest BCUT2D eigenvalue weighted by atomic mass is 9.68. The molecule has 2 aliphatic heterocycles. The minimum atomic E-state index is -0.425. The lowest BCUT2D eigenvalue weighted by Gasteiger charge is -2.49. The number of likely N-dealkylation sites (N-methyl/N-ethyl adjacent to an activating group) is 1. The van der Waals surface area contributed by atoms with Crippen molar-refractivity contribution in [1.29, 1.82) is 0 Å². The predicted octanol–water partition coefficient (Wildman–Crippen LogP) is 3.56. The first-order chi connectivity index (χ1) is 13.6. The van der Waals surface area contributed by atoms with E-state index in [1.807, 2.05) is 0 Å². The van der Waals surface area contributed by atoms with Crippen LogP contribution >= 0.6 is 0 Å². The molecule has 0 saturated carbocycles. The molecule has 0 amide bonds. The van der Waals surface area contributed by atoms with Gasteiger partial charge in [-0.25, -0.2) is 4.79 Å². The van der Waals surface area contributed by atoms with Gasteiger partial charge in [-0.15, -0.1) is 0 Å². The van der Waals surface area contributed by atoms with Crippen LogP contribution in [0.2, 0.25) is 0 Å². The summed E-state index contributed by atoms with van der Waals surface area (Å²) in [7, 11) is 2.24. The molecule has 2 aliphatic rings. The van der Waals surface area contributed by atoms with Gasteiger partial charge in [-0.3, -0.25) is 0 Å². The standard InChI is InChI=1S/C22H29N3O3/c1-3-27-20(26)19-15-28-21(23-19)25-11-9-22(10-12-25)13-18(14-24(2)16-22)17-7-5-4-6-8-17/h4-8,15,18H,3,9-14,16H2,1-2H3/t18-/m0/s1. The summed E-state index contributed by atoms with van der Waals surface area (Å²) in [6, 6.07) is 11.4. The number of hydrogen-bond donors (Lipinski definition) is 0. The number of likely N-dealkylation sites (tertiary alicyclic amines) is 1. The summed E-state index contributed by atoms with van der Waals surface area (Å²) in [5.41, 5.74) is 2.03. The molecule has 150 valence electrons. The van der Waals surface area contributed by atoms with Crippen molar-refractivity contribution in [1.82, 2.24) is 9.88 Å². The molecule has 0 aliphatic carbocycles. The molecule has 0 unspecified atom stereocenters. The van der Waals surface area contributed by atoms with Crippen LogP contribution < -0.4 is 4.90 Å². The highest BCUT2D eigenvalue weighted by atomic mass is 16.5. The van der Waals surface area contributed by atoms with Crippen LogP contribution in [0.1, 0.15) is 48.2 Å². The Bertz CT molecular complexity index is 796. The molecule has 1 spiro atoms. The molecule has 3 heterocycles. The number of anilines is 1. The second-order valence-electron chi connectivity index (χ2n) is 8.23. The number of piperidine rings is 2. The van der Waals surface area contributed by atoms with Crippen LogP contribution in [0.4, 0.5) is 6.01 Å². The molecule has 1 atom stereocenters. The van der Waals surface area contributed by atoms with E-state index in [-0.39, 0.29) is 5.69 Å². The normalized spacial score (nSPS) is 22.4. The summed E-state index contributed by atoms with van der Waals surface area (Å²) < 4.78 is 10.6. The van der Waals surface area contributed by atoms with Gasteiger partial charge in [-0.2, -0.15) is 4.98 Å². The molecule has 0 bridgehead atoms. The number of ether oxygens (including phenoxy) is 1. The van der Waals surface area contributed by atoms with E-state index < -0.39 is 5.97 Å². The zero-order valence-corrected chi connectivity index (χ0v) is 16.8. The molecule has 2 aromatic rings. The van der Waals surface area contributed by atoms with E-state index in [1.54, 1.807) is 6.92 Å². The van der Waals surface area contributed by atoms with Gasteiger partial charge in [0.2, 0.25) is 0 Å². The highest BCUT2D eigenvalue weighted by molar-refractivity contribution is 5.87. The average molecular weight is 383 g/mol. The minimum Gasteiger partial charge on any atom is -0.461 e. The van der Waals surface area contributed by atoms with Crippen molar-refractivity contribution < 1.29 is 13.9 Å². The molecule has 4 rings (SSSR count). The van der Waals surface area contributed by atoms with Crippen LogP contribution in [0.3, 0.4) is 0 Å². The summed E-state index contributed by atoms with van der Waals surface area (Å²) >= 11 is 0. The molecule has 6 heteroatoms. The van der Waals surface area contributed by atoms with Crippen molar-refractivity contribution in [3.8, 4) is 0 Å². The maximum Gasteiger partial charge on any atom is 0.360 e. The van der Waals surface area contributed by atoms with Gasteiger partial charge in [0.25, 0.3) is 6.01 Å². The highest BCUT2D eigenvalue weighted by Gasteiger charge is 2.42. The van der Waals surface area contributed by atoms with E-state index >= 15 is 0 Å². The monoisotopic (exact) mass is 383 g/mol.